The van der Waals surface area contributed by atoms with Crippen LogP contribution in [0.4, 0.5) is 0 Å². The van der Waals surface area contributed by atoms with E-state index in [4.69, 9.17) is 9.47 Å². The lowest BCUT2D eigenvalue weighted by atomic mass is 10.2. The van der Waals surface area contributed by atoms with Crippen molar-refractivity contribution in [1.82, 2.24) is 15.3 Å². The van der Waals surface area contributed by atoms with Gasteiger partial charge in [0, 0.05) is 17.8 Å². The van der Waals surface area contributed by atoms with Gasteiger partial charge in [-0.3, -0.25) is 0 Å². The van der Waals surface area contributed by atoms with Crippen molar-refractivity contribution < 1.29 is 9.47 Å². The van der Waals surface area contributed by atoms with Gasteiger partial charge in [0.05, 0.1) is 6.61 Å². The van der Waals surface area contributed by atoms with Crippen molar-refractivity contribution >= 4 is 0 Å². The lowest BCUT2D eigenvalue weighted by Crippen LogP contribution is -2.28. The molecule has 1 aliphatic heterocycles. The van der Waals surface area contributed by atoms with Crippen LogP contribution in [-0.2, 0) is 0 Å². The molecule has 0 aliphatic carbocycles. The minimum atomic E-state index is 0.412. The molecule has 1 aromatic heterocycles. The third-order valence-corrected chi connectivity index (χ3v) is 2.84. The Morgan fingerprint density at radius 2 is 2.28 bits per heavy atom. The van der Waals surface area contributed by atoms with Gasteiger partial charge in [-0.1, -0.05) is 6.92 Å². The predicted octanol–water partition coefficient (Wildman–Crippen LogP) is 1.70. The van der Waals surface area contributed by atoms with E-state index in [9.17, 15) is 0 Å². The van der Waals surface area contributed by atoms with Crippen LogP contribution in [0, 0.1) is 6.92 Å². The van der Waals surface area contributed by atoms with Crippen molar-refractivity contribution in [2.24, 2.45) is 0 Å². The Kier molecular flexibility index (Phi) is 4.75. The second-order valence-corrected chi connectivity index (χ2v) is 4.58. The molecule has 2 rings (SSSR count). The van der Waals surface area contributed by atoms with Crippen LogP contribution in [0.2, 0.25) is 0 Å². The standard InChI is InChI=1S/C13H21N3O2/c1-3-7-17-12-8-10(2)15-13(16-12)18-9-11-5-4-6-14-11/h8,11,14H,3-7,9H2,1-2H3. The van der Waals surface area contributed by atoms with Crippen LogP contribution in [0.15, 0.2) is 6.07 Å². The molecule has 1 atom stereocenters. The highest BCUT2D eigenvalue weighted by molar-refractivity contribution is 5.17. The maximum Gasteiger partial charge on any atom is 0.319 e. The van der Waals surface area contributed by atoms with E-state index in [0.29, 0.717) is 31.1 Å². The second-order valence-electron chi connectivity index (χ2n) is 4.58. The highest BCUT2D eigenvalue weighted by Crippen LogP contribution is 2.15. The zero-order valence-corrected chi connectivity index (χ0v) is 11.1. The molecule has 5 heteroatoms. The average Bonchev–Trinajstić information content (AvgIpc) is 2.86. The Hall–Kier alpha value is -1.36. The van der Waals surface area contributed by atoms with Gasteiger partial charge >= 0.3 is 6.01 Å². The van der Waals surface area contributed by atoms with E-state index in [1.54, 1.807) is 0 Å². The van der Waals surface area contributed by atoms with E-state index >= 15 is 0 Å². The van der Waals surface area contributed by atoms with Gasteiger partial charge in [0.25, 0.3) is 0 Å². The van der Waals surface area contributed by atoms with Gasteiger partial charge < -0.3 is 14.8 Å². The number of aromatic nitrogens is 2. The molecule has 5 nitrogen and oxygen atoms in total. The average molecular weight is 251 g/mol. The third-order valence-electron chi connectivity index (χ3n) is 2.84. The molecule has 1 fully saturated rings. The molecule has 0 bridgehead atoms. The highest BCUT2D eigenvalue weighted by atomic mass is 16.5. The minimum Gasteiger partial charge on any atom is -0.478 e. The first-order valence-electron chi connectivity index (χ1n) is 6.62. The third kappa shape index (κ3) is 3.84. The summed E-state index contributed by atoms with van der Waals surface area (Å²) in [5.74, 6) is 0.596. The molecule has 1 aromatic rings. The molecule has 0 amide bonds. The smallest absolute Gasteiger partial charge is 0.319 e. The fourth-order valence-electron chi connectivity index (χ4n) is 1.93. The molecule has 2 heterocycles. The summed E-state index contributed by atoms with van der Waals surface area (Å²) >= 11 is 0. The summed E-state index contributed by atoms with van der Waals surface area (Å²) in [5.41, 5.74) is 0.866. The van der Waals surface area contributed by atoms with Crippen LogP contribution in [0.1, 0.15) is 31.9 Å². The Bertz CT molecular complexity index is 378. The molecule has 18 heavy (non-hydrogen) atoms. The van der Waals surface area contributed by atoms with Crippen molar-refractivity contribution in [3.63, 3.8) is 0 Å². The fourth-order valence-corrected chi connectivity index (χ4v) is 1.93. The van der Waals surface area contributed by atoms with Gasteiger partial charge in [-0.15, -0.1) is 0 Å². The molecule has 0 aromatic carbocycles. The second kappa shape index (κ2) is 6.54. The quantitative estimate of drug-likeness (QED) is 0.834. The van der Waals surface area contributed by atoms with Crippen molar-refractivity contribution in [2.75, 3.05) is 19.8 Å². The summed E-state index contributed by atoms with van der Waals surface area (Å²) in [4.78, 5) is 8.51. The largest absolute Gasteiger partial charge is 0.478 e. The number of ether oxygens (including phenoxy) is 2. The van der Waals surface area contributed by atoms with Crippen LogP contribution >= 0.6 is 0 Å². The minimum absolute atomic E-state index is 0.412. The van der Waals surface area contributed by atoms with E-state index in [2.05, 4.69) is 22.2 Å². The van der Waals surface area contributed by atoms with E-state index in [0.717, 1.165) is 25.1 Å². The van der Waals surface area contributed by atoms with E-state index < -0.39 is 0 Å². The topological polar surface area (TPSA) is 56.3 Å². The molecule has 0 radical (unpaired) electrons. The highest BCUT2D eigenvalue weighted by Gasteiger charge is 2.15. The first-order valence-corrected chi connectivity index (χ1v) is 6.62. The lowest BCUT2D eigenvalue weighted by Gasteiger charge is -2.12. The maximum atomic E-state index is 5.63. The van der Waals surface area contributed by atoms with Crippen LogP contribution in [0.5, 0.6) is 11.9 Å². The SMILES string of the molecule is CCCOc1cc(C)nc(OCC2CCCN2)n1. The molecule has 1 unspecified atom stereocenters. The van der Waals surface area contributed by atoms with Crippen LogP contribution < -0.4 is 14.8 Å². The molecular weight excluding hydrogens is 230 g/mol. The number of nitrogens with zero attached hydrogens (tertiary/aromatic N) is 2. The van der Waals surface area contributed by atoms with Crippen molar-refractivity contribution in [2.45, 2.75) is 39.2 Å². The van der Waals surface area contributed by atoms with Crippen LogP contribution in [0.25, 0.3) is 0 Å². The van der Waals surface area contributed by atoms with Gasteiger partial charge in [-0.25, -0.2) is 4.98 Å². The van der Waals surface area contributed by atoms with Crippen molar-refractivity contribution in [1.29, 1.82) is 0 Å². The van der Waals surface area contributed by atoms with Gasteiger partial charge in [-0.05, 0) is 32.7 Å². The molecule has 1 N–H and O–H groups in total. The molecule has 100 valence electrons. The fraction of sp³-hybridized carbons (Fsp3) is 0.692. The first-order chi connectivity index (χ1) is 8.78. The van der Waals surface area contributed by atoms with E-state index in [-0.39, 0.29) is 0 Å². The molecule has 0 saturated carbocycles. The van der Waals surface area contributed by atoms with Gasteiger partial charge in [0.1, 0.15) is 6.61 Å². The van der Waals surface area contributed by atoms with Gasteiger partial charge in [-0.2, -0.15) is 4.98 Å². The van der Waals surface area contributed by atoms with E-state index in [1.165, 1.54) is 6.42 Å². The zero-order chi connectivity index (χ0) is 12.8. The van der Waals surface area contributed by atoms with E-state index in [1.807, 2.05) is 13.0 Å². The van der Waals surface area contributed by atoms with Crippen LogP contribution in [-0.4, -0.2) is 35.8 Å². The molecule has 0 spiro atoms. The summed E-state index contributed by atoms with van der Waals surface area (Å²) in [6.07, 6.45) is 3.34. The first kappa shape index (κ1) is 13.1. The van der Waals surface area contributed by atoms with Gasteiger partial charge in [0.15, 0.2) is 0 Å². The molecule has 1 saturated heterocycles. The summed E-state index contributed by atoms with van der Waals surface area (Å²) in [5, 5.41) is 3.38. The summed E-state index contributed by atoms with van der Waals surface area (Å²) in [7, 11) is 0. The Morgan fingerprint density at radius 3 is 3.00 bits per heavy atom. The number of aryl methyl sites for hydroxylation is 1. The molecular formula is C13H21N3O2. The van der Waals surface area contributed by atoms with Crippen molar-refractivity contribution in [3.8, 4) is 11.9 Å². The summed E-state index contributed by atoms with van der Waals surface area (Å²) in [6.45, 7) is 6.35. The summed E-state index contributed by atoms with van der Waals surface area (Å²) < 4.78 is 11.1. The Labute approximate surface area is 108 Å². The number of hydrogen-bond acceptors (Lipinski definition) is 5. The maximum absolute atomic E-state index is 5.63. The number of nitrogens with one attached hydrogen (secondary N) is 1. The molecule has 1 aliphatic rings. The zero-order valence-electron chi connectivity index (χ0n) is 11.1. The number of hydrogen-bond donors (Lipinski definition) is 1. The Balaban J connectivity index is 1.91. The summed E-state index contributed by atoms with van der Waals surface area (Å²) in [6, 6.07) is 2.67. The normalized spacial score (nSPS) is 18.9. The number of rotatable bonds is 6. The van der Waals surface area contributed by atoms with Crippen molar-refractivity contribution in [3.05, 3.63) is 11.8 Å². The Morgan fingerprint density at radius 1 is 1.39 bits per heavy atom. The predicted molar refractivity (Wildman–Crippen MR) is 69.1 cm³/mol. The monoisotopic (exact) mass is 251 g/mol. The lowest BCUT2D eigenvalue weighted by molar-refractivity contribution is 0.246. The van der Waals surface area contributed by atoms with Gasteiger partial charge in [0.2, 0.25) is 5.88 Å². The van der Waals surface area contributed by atoms with Crippen LogP contribution in [0.3, 0.4) is 0 Å².